The second-order valence-electron chi connectivity index (χ2n) is 8.33. The van der Waals surface area contributed by atoms with Gasteiger partial charge in [0, 0.05) is 10.6 Å². The van der Waals surface area contributed by atoms with Crippen LogP contribution in [0.15, 0.2) is 24.3 Å². The Hall–Kier alpha value is -1.27. The van der Waals surface area contributed by atoms with E-state index in [-0.39, 0.29) is 11.3 Å². The highest BCUT2D eigenvalue weighted by molar-refractivity contribution is 7.92. The van der Waals surface area contributed by atoms with Crippen molar-refractivity contribution in [3.63, 3.8) is 0 Å². The molecule has 0 bridgehead atoms. The Bertz CT molecular complexity index is 724. The summed E-state index contributed by atoms with van der Waals surface area (Å²) in [6.45, 7) is 11.7. The van der Waals surface area contributed by atoms with Crippen molar-refractivity contribution in [2.45, 2.75) is 59.5 Å². The van der Waals surface area contributed by atoms with Crippen molar-refractivity contribution >= 4 is 33.2 Å². The van der Waals surface area contributed by atoms with Gasteiger partial charge in [0.1, 0.15) is 6.04 Å². The standard InChI is InChI=1S/C18H29ClN2O3S/c1-13(16(22)20-18(5,6)12-17(2,3)4)21(25(7,23)24)15-10-8-9-14(19)11-15/h8-11,13H,12H2,1-7H3,(H,20,22)/t13-/m1/s1. The summed E-state index contributed by atoms with van der Waals surface area (Å²) in [7, 11) is -3.66. The van der Waals surface area contributed by atoms with Gasteiger partial charge in [0.2, 0.25) is 15.9 Å². The molecule has 0 aliphatic carbocycles. The Morgan fingerprint density at radius 3 is 2.24 bits per heavy atom. The quantitative estimate of drug-likeness (QED) is 0.805. The number of amides is 1. The van der Waals surface area contributed by atoms with Gasteiger partial charge in [-0.2, -0.15) is 0 Å². The zero-order valence-corrected chi connectivity index (χ0v) is 17.6. The lowest BCUT2D eigenvalue weighted by Gasteiger charge is -2.36. The van der Waals surface area contributed by atoms with Crippen molar-refractivity contribution in [1.29, 1.82) is 0 Å². The van der Waals surface area contributed by atoms with E-state index in [0.29, 0.717) is 10.7 Å². The molecule has 1 rings (SSSR count). The summed E-state index contributed by atoms with van der Waals surface area (Å²) in [6.07, 6.45) is 1.84. The fourth-order valence-corrected chi connectivity index (χ4v) is 4.58. The van der Waals surface area contributed by atoms with Gasteiger partial charge in [-0.3, -0.25) is 9.10 Å². The van der Waals surface area contributed by atoms with Crippen molar-refractivity contribution in [3.8, 4) is 0 Å². The highest BCUT2D eigenvalue weighted by atomic mass is 35.5. The van der Waals surface area contributed by atoms with Crippen LogP contribution in [-0.2, 0) is 14.8 Å². The summed E-state index contributed by atoms with van der Waals surface area (Å²) in [4.78, 5) is 12.7. The van der Waals surface area contributed by atoms with Crippen LogP contribution in [-0.4, -0.2) is 32.2 Å². The Labute approximate surface area is 156 Å². The predicted molar refractivity (Wildman–Crippen MR) is 105 cm³/mol. The number of nitrogens with one attached hydrogen (secondary N) is 1. The molecule has 142 valence electrons. The van der Waals surface area contributed by atoms with Gasteiger partial charge in [-0.05, 0) is 50.8 Å². The van der Waals surface area contributed by atoms with E-state index in [2.05, 4.69) is 26.1 Å². The van der Waals surface area contributed by atoms with Gasteiger partial charge < -0.3 is 5.32 Å². The normalized spacial score (nSPS) is 14.1. The third-order valence-corrected chi connectivity index (χ3v) is 5.06. The molecule has 7 heteroatoms. The van der Waals surface area contributed by atoms with E-state index < -0.39 is 21.6 Å². The van der Waals surface area contributed by atoms with Crippen molar-refractivity contribution in [3.05, 3.63) is 29.3 Å². The molecule has 1 aromatic rings. The van der Waals surface area contributed by atoms with Crippen LogP contribution in [0.5, 0.6) is 0 Å². The lowest BCUT2D eigenvalue weighted by Crippen LogP contribution is -2.54. The number of carbonyl (C=O) groups excluding carboxylic acids is 1. The highest BCUT2D eigenvalue weighted by Crippen LogP contribution is 2.28. The molecule has 1 atom stereocenters. The average Bonchev–Trinajstić information content (AvgIpc) is 2.33. The largest absolute Gasteiger partial charge is 0.349 e. The van der Waals surface area contributed by atoms with Crippen LogP contribution in [0.25, 0.3) is 0 Å². The van der Waals surface area contributed by atoms with Crippen LogP contribution < -0.4 is 9.62 Å². The Morgan fingerprint density at radius 2 is 1.80 bits per heavy atom. The molecular weight excluding hydrogens is 360 g/mol. The maximum absolute atomic E-state index is 12.7. The van der Waals surface area contributed by atoms with Crippen LogP contribution in [0.2, 0.25) is 5.02 Å². The van der Waals surface area contributed by atoms with Gasteiger partial charge in [-0.1, -0.05) is 38.4 Å². The van der Waals surface area contributed by atoms with Crippen LogP contribution in [0, 0.1) is 5.41 Å². The fourth-order valence-electron chi connectivity index (χ4n) is 3.23. The van der Waals surface area contributed by atoms with E-state index in [1.54, 1.807) is 25.1 Å². The van der Waals surface area contributed by atoms with Crippen LogP contribution >= 0.6 is 11.6 Å². The monoisotopic (exact) mass is 388 g/mol. The fraction of sp³-hybridized carbons (Fsp3) is 0.611. The summed E-state index contributed by atoms with van der Waals surface area (Å²) in [5, 5.41) is 3.38. The van der Waals surface area contributed by atoms with Crippen LogP contribution in [0.1, 0.15) is 48.0 Å². The minimum Gasteiger partial charge on any atom is -0.349 e. The van der Waals surface area contributed by atoms with Crippen LogP contribution in [0.4, 0.5) is 5.69 Å². The number of benzene rings is 1. The number of anilines is 1. The van der Waals surface area contributed by atoms with Crippen molar-refractivity contribution in [2.75, 3.05) is 10.6 Å². The molecule has 0 spiro atoms. The number of hydrogen-bond acceptors (Lipinski definition) is 3. The van der Waals surface area contributed by atoms with E-state index in [1.165, 1.54) is 6.07 Å². The van der Waals surface area contributed by atoms with Gasteiger partial charge in [-0.25, -0.2) is 8.42 Å². The molecular formula is C18H29ClN2O3S. The molecule has 0 unspecified atom stereocenters. The topological polar surface area (TPSA) is 66.5 Å². The maximum atomic E-state index is 12.7. The van der Waals surface area contributed by atoms with Gasteiger partial charge in [0.15, 0.2) is 0 Å². The Balaban J connectivity index is 3.10. The van der Waals surface area contributed by atoms with Gasteiger partial charge in [-0.15, -0.1) is 0 Å². The maximum Gasteiger partial charge on any atom is 0.244 e. The summed E-state index contributed by atoms with van der Waals surface area (Å²) in [6, 6.07) is 5.57. The van der Waals surface area contributed by atoms with Crippen molar-refractivity contribution in [1.82, 2.24) is 5.32 Å². The molecule has 0 radical (unpaired) electrons. The van der Waals surface area contributed by atoms with E-state index in [0.717, 1.165) is 17.0 Å². The second kappa shape index (κ2) is 7.54. The smallest absolute Gasteiger partial charge is 0.244 e. The number of carbonyl (C=O) groups is 1. The zero-order valence-electron chi connectivity index (χ0n) is 16.1. The molecule has 1 N–H and O–H groups in total. The van der Waals surface area contributed by atoms with Gasteiger partial charge in [0.05, 0.1) is 11.9 Å². The van der Waals surface area contributed by atoms with Gasteiger partial charge in [0.25, 0.3) is 0 Å². The minimum atomic E-state index is -3.66. The molecule has 1 amide bonds. The molecule has 5 nitrogen and oxygen atoms in total. The zero-order chi connectivity index (χ0) is 19.6. The molecule has 25 heavy (non-hydrogen) atoms. The lowest BCUT2D eigenvalue weighted by atomic mass is 9.81. The lowest BCUT2D eigenvalue weighted by molar-refractivity contribution is -0.123. The number of hydrogen-bond donors (Lipinski definition) is 1. The average molecular weight is 389 g/mol. The first-order valence-electron chi connectivity index (χ1n) is 8.19. The molecule has 0 aliphatic heterocycles. The summed E-state index contributed by atoms with van der Waals surface area (Å²) in [5.74, 6) is -0.348. The third kappa shape index (κ3) is 6.86. The summed E-state index contributed by atoms with van der Waals surface area (Å²) in [5.41, 5.74) is -0.0591. The molecule has 1 aromatic carbocycles. The molecule has 0 heterocycles. The Morgan fingerprint density at radius 1 is 1.24 bits per heavy atom. The number of nitrogens with zero attached hydrogens (tertiary/aromatic N) is 1. The van der Waals surface area contributed by atoms with E-state index in [1.807, 2.05) is 13.8 Å². The number of sulfonamides is 1. The number of halogens is 1. The van der Waals surface area contributed by atoms with E-state index in [9.17, 15) is 13.2 Å². The molecule has 0 aromatic heterocycles. The minimum absolute atomic E-state index is 0.0312. The summed E-state index contributed by atoms with van der Waals surface area (Å²) < 4.78 is 25.7. The molecule has 0 aliphatic rings. The molecule has 0 saturated carbocycles. The number of rotatable bonds is 6. The third-order valence-electron chi connectivity index (χ3n) is 3.59. The van der Waals surface area contributed by atoms with E-state index in [4.69, 9.17) is 11.6 Å². The SMILES string of the molecule is C[C@H](C(=O)NC(C)(C)CC(C)(C)C)N(c1cccc(Cl)c1)S(C)(=O)=O. The molecule has 0 fully saturated rings. The van der Waals surface area contributed by atoms with Crippen LogP contribution in [0.3, 0.4) is 0 Å². The van der Waals surface area contributed by atoms with Crippen molar-refractivity contribution < 1.29 is 13.2 Å². The molecule has 0 saturated heterocycles. The highest BCUT2D eigenvalue weighted by Gasteiger charge is 2.33. The second-order valence-corrected chi connectivity index (χ2v) is 10.6. The van der Waals surface area contributed by atoms with E-state index >= 15 is 0 Å². The Kier molecular flexibility index (Phi) is 6.57. The predicted octanol–water partition coefficient (Wildman–Crippen LogP) is 3.83. The first kappa shape index (κ1) is 21.8. The van der Waals surface area contributed by atoms with Crippen molar-refractivity contribution in [2.24, 2.45) is 5.41 Å². The summed E-state index contributed by atoms with van der Waals surface area (Å²) >= 11 is 5.98. The van der Waals surface area contributed by atoms with Gasteiger partial charge >= 0.3 is 0 Å². The first-order chi connectivity index (χ1) is 11.1. The first-order valence-corrected chi connectivity index (χ1v) is 10.4.